The zero-order valence-electron chi connectivity index (χ0n) is 10.5. The van der Waals surface area contributed by atoms with Gasteiger partial charge in [-0.15, -0.1) is 0 Å². The number of fused-ring (bicyclic) bond motifs is 3. The summed E-state index contributed by atoms with van der Waals surface area (Å²) in [5.41, 5.74) is 2.34. The maximum absolute atomic E-state index is 13.9. The SMILES string of the molecule is COc1cc(F)c2[nH]c3c(c2c1)CC[C@H]3CC(=O)O. The molecule has 0 fully saturated rings. The Labute approximate surface area is 109 Å². The summed E-state index contributed by atoms with van der Waals surface area (Å²) < 4.78 is 19.0. The number of carbonyl (C=O) groups is 1. The summed E-state index contributed by atoms with van der Waals surface area (Å²) in [6.07, 6.45) is 1.65. The van der Waals surface area contributed by atoms with Gasteiger partial charge in [0.05, 0.1) is 19.0 Å². The van der Waals surface area contributed by atoms with Crippen molar-refractivity contribution in [3.8, 4) is 5.75 Å². The van der Waals surface area contributed by atoms with Crippen LogP contribution in [0.1, 0.15) is 30.0 Å². The third-order valence-electron chi connectivity index (χ3n) is 3.78. The van der Waals surface area contributed by atoms with Gasteiger partial charge in [0.1, 0.15) is 5.75 Å². The first-order valence-corrected chi connectivity index (χ1v) is 6.20. The number of aryl methyl sites for hydroxylation is 1. The Bertz CT molecular complexity index is 662. The van der Waals surface area contributed by atoms with Crippen LogP contribution in [0.5, 0.6) is 5.75 Å². The van der Waals surface area contributed by atoms with Crippen LogP contribution >= 0.6 is 0 Å². The normalized spacial score (nSPS) is 17.7. The van der Waals surface area contributed by atoms with Crippen LogP contribution < -0.4 is 4.74 Å². The van der Waals surface area contributed by atoms with Crippen molar-refractivity contribution in [1.29, 1.82) is 0 Å². The predicted octanol–water partition coefficient (Wildman–Crippen LogP) is 2.82. The lowest BCUT2D eigenvalue weighted by atomic mass is 10.0. The molecule has 2 N–H and O–H groups in total. The molecular formula is C14H14FNO3. The summed E-state index contributed by atoms with van der Waals surface area (Å²) >= 11 is 0. The van der Waals surface area contributed by atoms with E-state index in [1.807, 2.05) is 0 Å². The molecule has 1 aromatic carbocycles. The molecule has 4 nitrogen and oxygen atoms in total. The van der Waals surface area contributed by atoms with Crippen LogP contribution in [0, 0.1) is 5.82 Å². The van der Waals surface area contributed by atoms with Crippen molar-refractivity contribution in [2.75, 3.05) is 7.11 Å². The van der Waals surface area contributed by atoms with E-state index in [1.165, 1.54) is 13.2 Å². The van der Waals surface area contributed by atoms with E-state index in [4.69, 9.17) is 9.84 Å². The molecule has 0 aliphatic heterocycles. The maximum Gasteiger partial charge on any atom is 0.304 e. The molecule has 0 saturated heterocycles. The average molecular weight is 263 g/mol. The van der Waals surface area contributed by atoms with Gasteiger partial charge in [0.25, 0.3) is 0 Å². The number of aromatic amines is 1. The van der Waals surface area contributed by atoms with Crippen molar-refractivity contribution in [1.82, 2.24) is 4.98 Å². The van der Waals surface area contributed by atoms with Gasteiger partial charge in [-0.25, -0.2) is 4.39 Å². The maximum atomic E-state index is 13.9. The lowest BCUT2D eigenvalue weighted by Gasteiger charge is -2.05. The largest absolute Gasteiger partial charge is 0.497 e. The number of halogens is 1. The smallest absolute Gasteiger partial charge is 0.304 e. The fourth-order valence-corrected chi connectivity index (χ4v) is 2.92. The lowest BCUT2D eigenvalue weighted by molar-refractivity contribution is -0.137. The minimum Gasteiger partial charge on any atom is -0.497 e. The van der Waals surface area contributed by atoms with E-state index in [-0.39, 0.29) is 18.2 Å². The van der Waals surface area contributed by atoms with E-state index >= 15 is 0 Å². The molecule has 5 heteroatoms. The zero-order valence-corrected chi connectivity index (χ0v) is 10.5. The Morgan fingerprint density at radius 3 is 3.05 bits per heavy atom. The predicted molar refractivity (Wildman–Crippen MR) is 68.1 cm³/mol. The number of methoxy groups -OCH3 is 1. The Hall–Kier alpha value is -2.04. The van der Waals surface area contributed by atoms with Crippen molar-refractivity contribution in [3.05, 3.63) is 29.2 Å². The topological polar surface area (TPSA) is 62.3 Å². The van der Waals surface area contributed by atoms with Gasteiger partial charge in [0, 0.05) is 23.1 Å². The molecule has 0 unspecified atom stereocenters. The third-order valence-corrected chi connectivity index (χ3v) is 3.78. The van der Waals surface area contributed by atoms with Crippen molar-refractivity contribution >= 4 is 16.9 Å². The number of carboxylic acid groups (broad SMARTS) is 1. The van der Waals surface area contributed by atoms with Gasteiger partial charge in [-0.1, -0.05) is 0 Å². The van der Waals surface area contributed by atoms with Crippen molar-refractivity contribution < 1.29 is 19.0 Å². The summed E-state index contributed by atoms with van der Waals surface area (Å²) in [4.78, 5) is 13.9. The molecule has 1 aromatic heterocycles. The van der Waals surface area contributed by atoms with Gasteiger partial charge in [0.2, 0.25) is 0 Å². The number of H-pyrrole nitrogens is 1. The standard InChI is InChI=1S/C14H14FNO3/c1-19-8-5-10-9-3-2-7(4-12(17)18)13(9)16-14(10)11(15)6-8/h5-7,16H,2-4H2,1H3,(H,17,18)/t7-/m0/s1. The molecule has 1 atom stereocenters. The number of nitrogens with one attached hydrogen (secondary N) is 1. The van der Waals surface area contributed by atoms with Gasteiger partial charge in [-0.3, -0.25) is 4.79 Å². The van der Waals surface area contributed by atoms with E-state index < -0.39 is 5.97 Å². The minimum absolute atomic E-state index is 0.0507. The molecule has 0 spiro atoms. The Balaban J connectivity index is 2.13. The average Bonchev–Trinajstić information content (AvgIpc) is 2.90. The Morgan fingerprint density at radius 1 is 1.58 bits per heavy atom. The molecule has 1 aliphatic carbocycles. The number of hydrogen-bond acceptors (Lipinski definition) is 2. The van der Waals surface area contributed by atoms with Crippen LogP contribution in [-0.2, 0) is 11.2 Å². The molecule has 0 saturated carbocycles. The molecule has 3 rings (SSSR count). The van der Waals surface area contributed by atoms with Crippen LogP contribution in [0.25, 0.3) is 10.9 Å². The highest BCUT2D eigenvalue weighted by molar-refractivity contribution is 5.87. The van der Waals surface area contributed by atoms with E-state index in [1.54, 1.807) is 6.07 Å². The number of carboxylic acids is 1. The van der Waals surface area contributed by atoms with Crippen LogP contribution in [0.2, 0.25) is 0 Å². The monoisotopic (exact) mass is 263 g/mol. The minimum atomic E-state index is -0.824. The van der Waals surface area contributed by atoms with E-state index in [9.17, 15) is 9.18 Å². The second kappa shape index (κ2) is 4.26. The summed E-state index contributed by atoms with van der Waals surface area (Å²) in [5.74, 6) is -0.758. The molecule has 0 amide bonds. The Kier molecular flexibility index (Phi) is 2.69. The number of aliphatic carboxylic acids is 1. The van der Waals surface area contributed by atoms with Gasteiger partial charge in [0.15, 0.2) is 5.82 Å². The quantitative estimate of drug-likeness (QED) is 0.895. The molecule has 0 bridgehead atoms. The zero-order chi connectivity index (χ0) is 13.6. The van der Waals surface area contributed by atoms with E-state index in [0.717, 1.165) is 29.5 Å². The fourth-order valence-electron chi connectivity index (χ4n) is 2.92. The first-order chi connectivity index (χ1) is 9.10. The van der Waals surface area contributed by atoms with Crippen LogP contribution in [0.3, 0.4) is 0 Å². The highest BCUT2D eigenvalue weighted by Crippen LogP contribution is 2.41. The highest BCUT2D eigenvalue weighted by Gasteiger charge is 2.29. The molecule has 100 valence electrons. The number of hydrogen-bond donors (Lipinski definition) is 2. The summed E-state index contributed by atoms with van der Waals surface area (Å²) in [5, 5.41) is 9.71. The second-order valence-corrected chi connectivity index (χ2v) is 4.88. The van der Waals surface area contributed by atoms with Crippen molar-refractivity contribution in [2.24, 2.45) is 0 Å². The number of aromatic nitrogens is 1. The fraction of sp³-hybridized carbons (Fsp3) is 0.357. The van der Waals surface area contributed by atoms with E-state index in [2.05, 4.69) is 4.98 Å². The highest BCUT2D eigenvalue weighted by atomic mass is 19.1. The Morgan fingerprint density at radius 2 is 2.37 bits per heavy atom. The number of rotatable bonds is 3. The van der Waals surface area contributed by atoms with Gasteiger partial charge < -0.3 is 14.8 Å². The summed E-state index contributed by atoms with van der Waals surface area (Å²) in [7, 11) is 1.50. The molecule has 19 heavy (non-hydrogen) atoms. The summed E-state index contributed by atoms with van der Waals surface area (Å²) in [6, 6.07) is 3.14. The third kappa shape index (κ3) is 1.85. The van der Waals surface area contributed by atoms with Crippen LogP contribution in [0.4, 0.5) is 4.39 Å². The van der Waals surface area contributed by atoms with Crippen molar-refractivity contribution in [2.45, 2.75) is 25.2 Å². The molecule has 1 heterocycles. The van der Waals surface area contributed by atoms with E-state index in [0.29, 0.717) is 11.3 Å². The van der Waals surface area contributed by atoms with Crippen molar-refractivity contribution in [3.63, 3.8) is 0 Å². The van der Waals surface area contributed by atoms with Gasteiger partial charge in [-0.2, -0.15) is 0 Å². The van der Waals surface area contributed by atoms with Gasteiger partial charge >= 0.3 is 5.97 Å². The first-order valence-electron chi connectivity index (χ1n) is 6.20. The first kappa shape index (κ1) is 12.0. The lowest BCUT2D eigenvalue weighted by Crippen LogP contribution is -2.03. The van der Waals surface area contributed by atoms with Gasteiger partial charge in [-0.05, 0) is 24.5 Å². The number of ether oxygens (including phenoxy) is 1. The second-order valence-electron chi connectivity index (χ2n) is 4.88. The number of benzene rings is 1. The molecule has 1 aliphatic rings. The molecular weight excluding hydrogens is 249 g/mol. The molecule has 2 aromatic rings. The van der Waals surface area contributed by atoms with Crippen LogP contribution in [0.15, 0.2) is 12.1 Å². The van der Waals surface area contributed by atoms with Crippen LogP contribution in [-0.4, -0.2) is 23.2 Å². The molecule has 0 radical (unpaired) electrons. The summed E-state index contributed by atoms with van der Waals surface area (Å²) in [6.45, 7) is 0.